The molecule has 7 heteroatoms. The lowest BCUT2D eigenvalue weighted by Crippen LogP contribution is -2.35. The Balaban J connectivity index is 1.70. The van der Waals surface area contributed by atoms with Gasteiger partial charge in [0, 0.05) is 6.54 Å². The molecule has 2 aromatic carbocycles. The third kappa shape index (κ3) is 5.00. The Kier molecular flexibility index (Phi) is 5.98. The fraction of sp³-hybridized carbons (Fsp3) is 0.318. The number of benzene rings is 2. The summed E-state index contributed by atoms with van der Waals surface area (Å²) in [5.41, 5.74) is 0.821. The van der Waals surface area contributed by atoms with Crippen LogP contribution in [-0.4, -0.2) is 35.1 Å². The normalized spacial score (nSPS) is 14.5. The summed E-state index contributed by atoms with van der Waals surface area (Å²) in [6, 6.07) is 15.8. The average molecular weight is 396 g/mol. The molecule has 0 saturated heterocycles. The average Bonchev–Trinajstić information content (AvgIpc) is 2.91. The van der Waals surface area contributed by atoms with E-state index in [4.69, 9.17) is 9.57 Å². The summed E-state index contributed by atoms with van der Waals surface area (Å²) in [6.07, 6.45) is -0.796. The van der Waals surface area contributed by atoms with Crippen molar-refractivity contribution >= 4 is 17.9 Å². The van der Waals surface area contributed by atoms with Crippen molar-refractivity contribution in [1.29, 1.82) is 0 Å². The summed E-state index contributed by atoms with van der Waals surface area (Å²) in [5.74, 6) is -0.988. The maximum absolute atomic E-state index is 12.6. The van der Waals surface area contributed by atoms with Gasteiger partial charge >= 0.3 is 6.09 Å². The van der Waals surface area contributed by atoms with E-state index in [1.54, 1.807) is 45.0 Å². The van der Waals surface area contributed by atoms with Crippen LogP contribution in [0.25, 0.3) is 0 Å². The van der Waals surface area contributed by atoms with Crippen molar-refractivity contribution in [2.24, 2.45) is 0 Å². The Morgan fingerprint density at radius 3 is 2.07 bits per heavy atom. The molecule has 0 radical (unpaired) electrons. The first-order chi connectivity index (χ1) is 13.8. The monoisotopic (exact) mass is 396 g/mol. The SMILES string of the molecule is CC(C)(C)OC(=O)NCCC(ON1C(=O)c2ccccc2C1=O)c1ccccc1. The largest absolute Gasteiger partial charge is 0.444 e. The lowest BCUT2D eigenvalue weighted by Gasteiger charge is -2.24. The molecule has 3 rings (SSSR count). The summed E-state index contributed by atoms with van der Waals surface area (Å²) in [5, 5.41) is 3.48. The first-order valence-electron chi connectivity index (χ1n) is 9.42. The molecular formula is C22H24N2O5. The summed E-state index contributed by atoms with van der Waals surface area (Å²) in [6.45, 7) is 5.60. The van der Waals surface area contributed by atoms with Gasteiger partial charge in [-0.3, -0.25) is 14.4 Å². The van der Waals surface area contributed by atoms with E-state index in [1.165, 1.54) is 0 Å². The Morgan fingerprint density at radius 1 is 0.966 bits per heavy atom. The van der Waals surface area contributed by atoms with Gasteiger partial charge in [0.25, 0.3) is 11.8 Å². The van der Waals surface area contributed by atoms with Crippen molar-refractivity contribution < 1.29 is 24.0 Å². The van der Waals surface area contributed by atoms with Crippen LogP contribution in [0.3, 0.4) is 0 Å². The van der Waals surface area contributed by atoms with Gasteiger partial charge in [-0.2, -0.15) is 0 Å². The molecule has 152 valence electrons. The summed E-state index contributed by atoms with van der Waals surface area (Å²) >= 11 is 0. The number of imide groups is 1. The number of ether oxygens (including phenoxy) is 1. The highest BCUT2D eigenvalue weighted by Crippen LogP contribution is 2.29. The fourth-order valence-corrected chi connectivity index (χ4v) is 2.96. The van der Waals surface area contributed by atoms with Crippen molar-refractivity contribution in [2.75, 3.05) is 6.54 Å². The zero-order valence-corrected chi connectivity index (χ0v) is 16.7. The minimum absolute atomic E-state index is 0.248. The van der Waals surface area contributed by atoms with E-state index >= 15 is 0 Å². The van der Waals surface area contributed by atoms with Gasteiger partial charge in [0.15, 0.2) is 0 Å². The number of hydrogen-bond acceptors (Lipinski definition) is 5. The van der Waals surface area contributed by atoms with E-state index in [-0.39, 0.29) is 6.54 Å². The molecule has 29 heavy (non-hydrogen) atoms. The predicted octanol–water partition coefficient (Wildman–Crippen LogP) is 3.87. The number of alkyl carbamates (subject to hydrolysis) is 1. The first kappa shape index (κ1) is 20.5. The second-order valence-electron chi connectivity index (χ2n) is 7.67. The number of nitrogens with one attached hydrogen (secondary N) is 1. The Hall–Kier alpha value is -3.19. The highest BCUT2D eigenvalue weighted by atomic mass is 16.7. The maximum Gasteiger partial charge on any atom is 0.407 e. The van der Waals surface area contributed by atoms with Gasteiger partial charge < -0.3 is 10.1 Å². The number of fused-ring (bicyclic) bond motifs is 1. The quantitative estimate of drug-likeness (QED) is 0.749. The van der Waals surface area contributed by atoms with Gasteiger partial charge in [-0.05, 0) is 44.9 Å². The number of rotatable bonds is 6. The van der Waals surface area contributed by atoms with Crippen molar-refractivity contribution in [3.8, 4) is 0 Å². The van der Waals surface area contributed by atoms with Gasteiger partial charge in [0.2, 0.25) is 0 Å². The molecule has 0 saturated carbocycles. The zero-order chi connectivity index (χ0) is 21.0. The van der Waals surface area contributed by atoms with E-state index in [9.17, 15) is 14.4 Å². The second kappa shape index (κ2) is 8.45. The van der Waals surface area contributed by atoms with Crippen LogP contribution in [0.5, 0.6) is 0 Å². The Bertz CT molecular complexity index is 870. The number of hydroxylamine groups is 2. The minimum Gasteiger partial charge on any atom is -0.444 e. The highest BCUT2D eigenvalue weighted by Gasteiger charge is 2.38. The lowest BCUT2D eigenvalue weighted by atomic mass is 10.1. The van der Waals surface area contributed by atoms with Crippen LogP contribution in [-0.2, 0) is 9.57 Å². The molecule has 1 heterocycles. The number of amides is 3. The van der Waals surface area contributed by atoms with Crippen LogP contribution >= 0.6 is 0 Å². The topological polar surface area (TPSA) is 84.9 Å². The molecule has 7 nitrogen and oxygen atoms in total. The molecule has 3 amide bonds. The van der Waals surface area contributed by atoms with Crippen molar-refractivity contribution in [1.82, 2.24) is 10.4 Å². The molecule has 0 fully saturated rings. The summed E-state index contributed by atoms with van der Waals surface area (Å²) < 4.78 is 5.23. The molecule has 0 spiro atoms. The number of hydrogen-bond donors (Lipinski definition) is 1. The number of carbonyl (C=O) groups is 3. The number of nitrogens with zero attached hydrogens (tertiary/aromatic N) is 1. The second-order valence-corrected chi connectivity index (χ2v) is 7.67. The Morgan fingerprint density at radius 2 is 1.52 bits per heavy atom. The standard InChI is InChI=1S/C22H24N2O5/c1-22(2,3)28-21(27)23-14-13-18(15-9-5-4-6-10-15)29-24-19(25)16-11-7-8-12-17(16)20(24)26/h4-12,18H,13-14H2,1-3H3,(H,23,27). The van der Waals surface area contributed by atoms with Crippen LogP contribution in [0, 0.1) is 0 Å². The van der Waals surface area contributed by atoms with Gasteiger partial charge in [0.05, 0.1) is 11.1 Å². The molecule has 1 aliphatic heterocycles. The zero-order valence-electron chi connectivity index (χ0n) is 16.7. The Labute approximate surface area is 169 Å². The van der Waals surface area contributed by atoms with E-state index in [0.29, 0.717) is 17.5 Å². The van der Waals surface area contributed by atoms with E-state index < -0.39 is 29.6 Å². The molecule has 2 aromatic rings. The summed E-state index contributed by atoms with van der Waals surface area (Å²) in [4.78, 5) is 42.9. The van der Waals surface area contributed by atoms with Crippen LogP contribution in [0.1, 0.15) is 59.6 Å². The van der Waals surface area contributed by atoms with Crippen molar-refractivity contribution in [2.45, 2.75) is 38.9 Å². The molecule has 1 N–H and O–H groups in total. The molecule has 0 aromatic heterocycles. The van der Waals surface area contributed by atoms with Gasteiger partial charge in [0.1, 0.15) is 11.7 Å². The van der Waals surface area contributed by atoms with Crippen molar-refractivity contribution in [3.63, 3.8) is 0 Å². The lowest BCUT2D eigenvalue weighted by molar-refractivity contribution is -0.136. The van der Waals surface area contributed by atoms with Crippen LogP contribution in [0.15, 0.2) is 54.6 Å². The van der Waals surface area contributed by atoms with Crippen LogP contribution in [0.4, 0.5) is 4.79 Å². The highest BCUT2D eigenvalue weighted by molar-refractivity contribution is 6.20. The van der Waals surface area contributed by atoms with Crippen LogP contribution in [0.2, 0.25) is 0 Å². The molecular weight excluding hydrogens is 372 g/mol. The van der Waals surface area contributed by atoms with Crippen molar-refractivity contribution in [3.05, 3.63) is 71.3 Å². The molecule has 0 aliphatic carbocycles. The summed E-state index contributed by atoms with van der Waals surface area (Å²) in [7, 11) is 0. The molecule has 1 aliphatic rings. The van der Waals surface area contributed by atoms with E-state index in [1.807, 2.05) is 30.3 Å². The predicted molar refractivity (Wildman–Crippen MR) is 106 cm³/mol. The minimum atomic E-state index is -0.603. The third-order valence-corrected chi connectivity index (χ3v) is 4.24. The maximum atomic E-state index is 12.6. The smallest absolute Gasteiger partial charge is 0.407 e. The van der Waals surface area contributed by atoms with E-state index in [2.05, 4.69) is 5.32 Å². The van der Waals surface area contributed by atoms with E-state index in [0.717, 1.165) is 10.6 Å². The van der Waals surface area contributed by atoms with Gasteiger partial charge in [-0.1, -0.05) is 42.5 Å². The van der Waals surface area contributed by atoms with Crippen LogP contribution < -0.4 is 5.32 Å². The molecule has 0 bridgehead atoms. The fourth-order valence-electron chi connectivity index (χ4n) is 2.96. The number of carbonyl (C=O) groups excluding carboxylic acids is 3. The van der Waals surface area contributed by atoms with Gasteiger partial charge in [-0.25, -0.2) is 4.79 Å². The molecule has 1 atom stereocenters. The molecule has 1 unspecified atom stereocenters. The first-order valence-corrected chi connectivity index (χ1v) is 9.42. The van der Waals surface area contributed by atoms with Gasteiger partial charge in [-0.15, -0.1) is 5.06 Å². The third-order valence-electron chi connectivity index (χ3n) is 4.24.